The first-order chi connectivity index (χ1) is 18.9. The summed E-state index contributed by atoms with van der Waals surface area (Å²) in [4.78, 5) is 41.8. The molecule has 2 heterocycles. The first-order valence-corrected chi connectivity index (χ1v) is 13.1. The monoisotopic (exact) mass is 549 g/mol. The molecule has 1 aromatic carbocycles. The number of urea groups is 1. The summed E-state index contributed by atoms with van der Waals surface area (Å²) in [7, 11) is 3.95. The molecule has 2 atom stereocenters. The van der Waals surface area contributed by atoms with E-state index in [0.717, 1.165) is 18.6 Å². The predicted octanol–water partition coefficient (Wildman–Crippen LogP) is 4.14. The van der Waals surface area contributed by atoms with Gasteiger partial charge in [-0.1, -0.05) is 31.7 Å². The molecule has 1 aliphatic carbocycles. The van der Waals surface area contributed by atoms with Gasteiger partial charge in [0.1, 0.15) is 5.82 Å². The first-order valence-electron chi connectivity index (χ1n) is 13.1. The van der Waals surface area contributed by atoms with Crippen molar-refractivity contribution in [2.45, 2.75) is 45.3 Å². The number of carbonyl (C=O) groups is 3. The molecule has 4 N–H and O–H groups in total. The van der Waals surface area contributed by atoms with E-state index in [2.05, 4.69) is 51.8 Å². The lowest BCUT2D eigenvalue weighted by Crippen LogP contribution is -2.52. The van der Waals surface area contributed by atoms with Crippen LogP contribution >= 0.6 is 0 Å². The molecule has 1 aliphatic heterocycles. The summed E-state index contributed by atoms with van der Waals surface area (Å²) < 4.78 is 14.5. The topological polar surface area (TPSA) is 122 Å². The van der Waals surface area contributed by atoms with E-state index in [1.165, 1.54) is 17.7 Å². The molecule has 0 fully saturated rings. The second-order valence-corrected chi connectivity index (χ2v) is 11.0. The van der Waals surface area contributed by atoms with Crippen LogP contribution in [0.15, 0.2) is 54.7 Å². The average molecular weight is 550 g/mol. The number of aromatic amines is 1. The number of halogens is 1. The van der Waals surface area contributed by atoms with Crippen LogP contribution in [0.1, 0.15) is 48.8 Å². The van der Waals surface area contributed by atoms with Gasteiger partial charge in [-0.05, 0) is 70.1 Å². The lowest BCUT2D eigenvalue weighted by molar-refractivity contribution is -0.111. The lowest BCUT2D eigenvalue weighted by atomic mass is 9.91. The predicted molar refractivity (Wildman–Crippen MR) is 152 cm³/mol. The second kappa shape index (κ2) is 11.5. The Morgan fingerprint density at radius 3 is 2.70 bits per heavy atom. The smallest absolute Gasteiger partial charge is 0.318 e. The molecule has 4 rings (SSSR count). The number of H-pyrrole nitrogens is 1. The highest BCUT2D eigenvalue weighted by Gasteiger charge is 2.44. The van der Waals surface area contributed by atoms with Gasteiger partial charge in [-0.25, -0.2) is 9.18 Å². The number of rotatable bonds is 8. The maximum Gasteiger partial charge on any atom is 0.318 e. The van der Waals surface area contributed by atoms with Gasteiger partial charge in [0, 0.05) is 17.7 Å². The fraction of sp³-hybridized carbons (Fsp3) is 0.379. The van der Waals surface area contributed by atoms with E-state index >= 15 is 0 Å². The SMILES string of the molecule is C=CC(=O)Nc1ccc(C(=O)Nc2n[nH]c3c2CN(C(=O)N[C@H](CN(C)C)C2=CC=CC(C)C2)C3(C)C)cc1F. The number of hydrogen-bond donors (Lipinski definition) is 4. The maximum absolute atomic E-state index is 14.5. The van der Waals surface area contributed by atoms with Crippen molar-refractivity contribution in [3.8, 4) is 0 Å². The molecule has 0 radical (unpaired) electrons. The van der Waals surface area contributed by atoms with Gasteiger partial charge in [0.25, 0.3) is 5.91 Å². The Kier molecular flexibility index (Phi) is 8.24. The summed E-state index contributed by atoms with van der Waals surface area (Å²) in [5, 5.41) is 15.5. The normalized spacial score (nSPS) is 18.1. The summed E-state index contributed by atoms with van der Waals surface area (Å²) in [5.74, 6) is -1.23. The number of fused-ring (bicyclic) bond motifs is 1. The lowest BCUT2D eigenvalue weighted by Gasteiger charge is -2.35. The van der Waals surface area contributed by atoms with Crippen molar-refractivity contribution in [1.29, 1.82) is 0 Å². The summed E-state index contributed by atoms with van der Waals surface area (Å²) in [6, 6.07) is 3.36. The van der Waals surface area contributed by atoms with Crippen LogP contribution in [-0.2, 0) is 16.9 Å². The highest BCUT2D eigenvalue weighted by Crippen LogP contribution is 2.40. The van der Waals surface area contributed by atoms with Crippen molar-refractivity contribution in [1.82, 2.24) is 25.3 Å². The van der Waals surface area contributed by atoms with Crippen LogP contribution in [0.5, 0.6) is 0 Å². The first kappa shape index (κ1) is 28.8. The molecule has 0 spiro atoms. The number of likely N-dealkylation sites (N-methyl/N-ethyl adjacent to an activating group) is 1. The van der Waals surface area contributed by atoms with E-state index in [0.29, 0.717) is 23.7 Å². The van der Waals surface area contributed by atoms with E-state index in [9.17, 15) is 18.8 Å². The van der Waals surface area contributed by atoms with Crippen LogP contribution in [0.3, 0.4) is 0 Å². The number of benzene rings is 1. The van der Waals surface area contributed by atoms with Crippen LogP contribution in [-0.4, -0.2) is 64.5 Å². The van der Waals surface area contributed by atoms with Gasteiger partial charge in [0.2, 0.25) is 5.91 Å². The van der Waals surface area contributed by atoms with Crippen molar-refractivity contribution in [2.24, 2.45) is 5.92 Å². The Morgan fingerprint density at radius 1 is 1.30 bits per heavy atom. The molecule has 0 saturated heterocycles. The van der Waals surface area contributed by atoms with Crippen LogP contribution < -0.4 is 16.0 Å². The van der Waals surface area contributed by atoms with Crippen molar-refractivity contribution in [3.63, 3.8) is 0 Å². The minimum atomic E-state index is -0.760. The molecule has 212 valence electrons. The standard InChI is InChI=1S/C29H36FN7O3/c1-7-24(38)31-22-12-11-19(14-21(22)30)27(39)33-26-20-15-37(29(3,4)25(20)34-35-26)28(40)32-23(16-36(5)6)18-10-8-9-17(2)13-18/h7-12,14,17,23H,1,13,15-16H2,2-6H3,(H,31,38)(H,32,40)(H2,33,34,35,39)/t17?,23-/m1/s1. The van der Waals surface area contributed by atoms with Gasteiger partial charge in [0.05, 0.1) is 29.5 Å². The summed E-state index contributed by atoms with van der Waals surface area (Å²) >= 11 is 0. The van der Waals surface area contributed by atoms with Crippen LogP contribution in [0.25, 0.3) is 0 Å². The fourth-order valence-corrected chi connectivity index (χ4v) is 5.05. The number of aromatic nitrogens is 2. The zero-order valence-electron chi connectivity index (χ0n) is 23.5. The van der Waals surface area contributed by atoms with Crippen molar-refractivity contribution < 1.29 is 18.8 Å². The van der Waals surface area contributed by atoms with E-state index in [-0.39, 0.29) is 35.7 Å². The number of nitrogens with one attached hydrogen (secondary N) is 4. The van der Waals surface area contributed by atoms with Crippen LogP contribution in [0.2, 0.25) is 0 Å². The Bertz CT molecular complexity index is 1390. The molecular weight excluding hydrogens is 513 g/mol. The third-order valence-electron chi connectivity index (χ3n) is 7.22. The maximum atomic E-state index is 14.5. The van der Waals surface area contributed by atoms with Gasteiger partial charge in [-0.15, -0.1) is 0 Å². The number of anilines is 2. The quantitative estimate of drug-likeness (QED) is 0.369. The third-order valence-corrected chi connectivity index (χ3v) is 7.22. The molecule has 0 bridgehead atoms. The molecule has 2 aliphatic rings. The Balaban J connectivity index is 1.49. The summed E-state index contributed by atoms with van der Waals surface area (Å²) in [6.07, 6.45) is 8.17. The Hall–Kier alpha value is -4.25. The summed E-state index contributed by atoms with van der Waals surface area (Å²) in [5.41, 5.74) is 1.83. The van der Waals surface area contributed by atoms with Gasteiger partial charge in [0.15, 0.2) is 5.82 Å². The van der Waals surface area contributed by atoms with Gasteiger partial charge in [-0.3, -0.25) is 14.7 Å². The van der Waals surface area contributed by atoms with Crippen molar-refractivity contribution >= 4 is 29.4 Å². The van der Waals surface area contributed by atoms with Crippen LogP contribution in [0.4, 0.5) is 20.7 Å². The molecule has 1 unspecified atom stereocenters. The van der Waals surface area contributed by atoms with E-state index in [1.54, 1.807) is 4.90 Å². The molecule has 11 heteroatoms. The number of allylic oxidation sites excluding steroid dienone is 3. The fourth-order valence-electron chi connectivity index (χ4n) is 5.05. The largest absolute Gasteiger partial charge is 0.330 e. The molecule has 1 aromatic heterocycles. The third kappa shape index (κ3) is 5.99. The molecule has 2 aromatic rings. The molecule has 10 nitrogen and oxygen atoms in total. The van der Waals surface area contributed by atoms with Gasteiger partial charge >= 0.3 is 6.03 Å². The summed E-state index contributed by atoms with van der Waals surface area (Å²) in [6.45, 7) is 10.2. The molecular formula is C29H36FN7O3. The average Bonchev–Trinajstić information content (AvgIpc) is 3.41. The number of hydrogen-bond acceptors (Lipinski definition) is 5. The number of amides is 4. The number of nitrogens with zero attached hydrogens (tertiary/aromatic N) is 3. The minimum Gasteiger partial charge on any atom is -0.330 e. The highest BCUT2D eigenvalue weighted by molar-refractivity contribution is 6.05. The zero-order chi connectivity index (χ0) is 29.2. The highest BCUT2D eigenvalue weighted by atomic mass is 19.1. The molecule has 40 heavy (non-hydrogen) atoms. The number of carbonyl (C=O) groups excluding carboxylic acids is 3. The van der Waals surface area contributed by atoms with Crippen LogP contribution in [0, 0.1) is 11.7 Å². The van der Waals surface area contributed by atoms with E-state index in [4.69, 9.17) is 0 Å². The van der Waals surface area contributed by atoms with Gasteiger partial charge in [-0.2, -0.15) is 5.10 Å². The minimum absolute atomic E-state index is 0.0493. The molecule has 0 saturated carbocycles. The van der Waals surface area contributed by atoms with E-state index < -0.39 is 23.2 Å². The molecule has 4 amide bonds. The van der Waals surface area contributed by atoms with Crippen molar-refractivity contribution in [3.05, 3.63) is 77.3 Å². The Labute approximate surface area is 233 Å². The Morgan fingerprint density at radius 2 is 2.05 bits per heavy atom. The second-order valence-electron chi connectivity index (χ2n) is 11.0. The zero-order valence-corrected chi connectivity index (χ0v) is 23.5. The van der Waals surface area contributed by atoms with Crippen molar-refractivity contribution in [2.75, 3.05) is 31.3 Å². The van der Waals surface area contributed by atoms with E-state index in [1.807, 2.05) is 38.9 Å². The van der Waals surface area contributed by atoms with Gasteiger partial charge < -0.3 is 25.8 Å².